The number of nitro groups is 1. The molecule has 0 heterocycles. The number of carbonyl (C=O) groups excluding carboxylic acids is 1. The number of ether oxygens (including phenoxy) is 2. The molecule has 0 radical (unpaired) electrons. The maximum absolute atomic E-state index is 12.0. The number of fused-ring (bicyclic) bond motifs is 2. The van der Waals surface area contributed by atoms with E-state index in [-0.39, 0.29) is 18.0 Å². The average molecular weight is 387 g/mol. The van der Waals surface area contributed by atoms with Gasteiger partial charge in [-0.1, -0.05) is 48.5 Å². The topological polar surface area (TPSA) is 78.7 Å². The molecular formula is C23H17NO5. The molecule has 0 fully saturated rings. The lowest BCUT2D eigenvalue weighted by molar-refractivity contribution is -0.384. The van der Waals surface area contributed by atoms with E-state index >= 15 is 0 Å². The molecule has 6 heteroatoms. The van der Waals surface area contributed by atoms with Crippen molar-refractivity contribution in [1.82, 2.24) is 0 Å². The summed E-state index contributed by atoms with van der Waals surface area (Å²) in [5.41, 5.74) is 1.04. The van der Waals surface area contributed by atoms with E-state index in [2.05, 4.69) is 30.3 Å². The predicted molar refractivity (Wildman–Crippen MR) is 110 cm³/mol. The Hall–Kier alpha value is -3.93. The number of benzene rings is 4. The fourth-order valence-corrected chi connectivity index (χ4v) is 3.38. The summed E-state index contributed by atoms with van der Waals surface area (Å²) < 4.78 is 10.3. The number of rotatable bonds is 5. The maximum Gasteiger partial charge on any atom is 0.513 e. The zero-order chi connectivity index (χ0) is 20.2. The van der Waals surface area contributed by atoms with E-state index < -0.39 is 11.1 Å². The van der Waals surface area contributed by atoms with E-state index in [1.807, 2.05) is 24.3 Å². The van der Waals surface area contributed by atoms with Crippen molar-refractivity contribution in [3.8, 4) is 5.75 Å². The lowest BCUT2D eigenvalue weighted by Gasteiger charge is -2.12. The largest absolute Gasteiger partial charge is 0.513 e. The van der Waals surface area contributed by atoms with Crippen LogP contribution in [-0.4, -0.2) is 17.7 Å². The molecule has 0 bridgehead atoms. The van der Waals surface area contributed by atoms with Crippen LogP contribution in [0.15, 0.2) is 78.9 Å². The van der Waals surface area contributed by atoms with E-state index in [1.54, 1.807) is 0 Å². The smallest absolute Gasteiger partial charge is 0.434 e. The first-order valence-electron chi connectivity index (χ1n) is 9.10. The number of nitrogens with zero attached hydrogens (tertiary/aromatic N) is 1. The van der Waals surface area contributed by atoms with Crippen LogP contribution in [-0.2, 0) is 11.2 Å². The second-order valence-corrected chi connectivity index (χ2v) is 6.50. The Labute approximate surface area is 166 Å². The molecule has 6 nitrogen and oxygen atoms in total. The van der Waals surface area contributed by atoms with Gasteiger partial charge in [-0.3, -0.25) is 10.1 Å². The van der Waals surface area contributed by atoms with Crippen LogP contribution in [0.25, 0.3) is 21.5 Å². The zero-order valence-electron chi connectivity index (χ0n) is 15.4. The van der Waals surface area contributed by atoms with Crippen molar-refractivity contribution in [2.24, 2.45) is 0 Å². The second kappa shape index (κ2) is 7.98. The minimum absolute atomic E-state index is 0.0754. The van der Waals surface area contributed by atoms with Crippen molar-refractivity contribution in [1.29, 1.82) is 0 Å². The number of carbonyl (C=O) groups is 1. The van der Waals surface area contributed by atoms with E-state index in [1.165, 1.54) is 24.3 Å². The van der Waals surface area contributed by atoms with E-state index in [9.17, 15) is 14.9 Å². The van der Waals surface area contributed by atoms with Gasteiger partial charge in [0.1, 0.15) is 5.75 Å². The number of nitro benzene ring substituents is 1. The molecule has 0 spiro atoms. The van der Waals surface area contributed by atoms with Crippen LogP contribution in [0.1, 0.15) is 5.56 Å². The molecule has 0 N–H and O–H groups in total. The fraction of sp³-hybridized carbons (Fsp3) is 0.0870. The highest BCUT2D eigenvalue weighted by Gasteiger charge is 2.11. The second-order valence-electron chi connectivity index (χ2n) is 6.50. The van der Waals surface area contributed by atoms with E-state index in [0.717, 1.165) is 27.1 Å². The molecule has 29 heavy (non-hydrogen) atoms. The van der Waals surface area contributed by atoms with Crippen molar-refractivity contribution >= 4 is 33.4 Å². The lowest BCUT2D eigenvalue weighted by Crippen LogP contribution is -2.13. The first-order valence-corrected chi connectivity index (χ1v) is 9.10. The molecule has 0 amide bonds. The summed E-state index contributed by atoms with van der Waals surface area (Å²) in [6, 6.07) is 23.6. The Morgan fingerprint density at radius 3 is 2.03 bits per heavy atom. The maximum atomic E-state index is 12.0. The van der Waals surface area contributed by atoms with Crippen molar-refractivity contribution in [2.75, 3.05) is 6.61 Å². The highest BCUT2D eigenvalue weighted by Crippen LogP contribution is 2.29. The third-order valence-corrected chi connectivity index (χ3v) is 4.70. The molecule has 144 valence electrons. The molecule has 4 aromatic rings. The minimum atomic E-state index is -0.844. The van der Waals surface area contributed by atoms with Gasteiger partial charge in [0, 0.05) is 18.6 Å². The van der Waals surface area contributed by atoms with Crippen LogP contribution in [0.2, 0.25) is 0 Å². The molecule has 0 aliphatic heterocycles. The van der Waals surface area contributed by atoms with Gasteiger partial charge in [0.05, 0.1) is 11.5 Å². The highest BCUT2D eigenvalue weighted by molar-refractivity contribution is 6.02. The average Bonchev–Trinajstić information content (AvgIpc) is 2.73. The molecule has 0 saturated heterocycles. The Kier molecular flexibility index (Phi) is 5.07. The number of non-ortho nitro benzene ring substituents is 1. The molecule has 0 unspecified atom stereocenters. The summed E-state index contributed by atoms with van der Waals surface area (Å²) in [5, 5.41) is 15.2. The zero-order valence-corrected chi connectivity index (χ0v) is 15.4. The van der Waals surface area contributed by atoms with Gasteiger partial charge < -0.3 is 9.47 Å². The van der Waals surface area contributed by atoms with Crippen LogP contribution in [0.5, 0.6) is 5.75 Å². The van der Waals surface area contributed by atoms with Crippen molar-refractivity contribution in [3.05, 3.63) is 94.5 Å². The first kappa shape index (κ1) is 18.4. The van der Waals surface area contributed by atoms with Gasteiger partial charge in [0.15, 0.2) is 0 Å². The van der Waals surface area contributed by atoms with Crippen LogP contribution >= 0.6 is 0 Å². The first-order chi connectivity index (χ1) is 14.1. The van der Waals surface area contributed by atoms with Gasteiger partial charge in [-0.2, -0.15) is 0 Å². The third kappa shape index (κ3) is 4.01. The van der Waals surface area contributed by atoms with Gasteiger partial charge >= 0.3 is 6.16 Å². The standard InChI is InChI=1S/C23H17NO5/c25-23(29-19-11-9-18(10-12-19)24(26)27)28-14-13-22-20-7-3-1-5-16(20)15-17-6-2-4-8-21(17)22/h1-12,15H,13-14H2. The Morgan fingerprint density at radius 2 is 1.45 bits per heavy atom. The summed E-state index contributed by atoms with van der Waals surface area (Å²) in [6.07, 6.45) is -0.305. The Bertz CT molecular complexity index is 1150. The Morgan fingerprint density at radius 1 is 0.862 bits per heavy atom. The van der Waals surface area contributed by atoms with Gasteiger partial charge in [0.25, 0.3) is 5.69 Å². The van der Waals surface area contributed by atoms with Gasteiger partial charge in [-0.05, 0) is 45.3 Å². The molecule has 0 aliphatic rings. The molecule has 0 saturated carbocycles. The quantitative estimate of drug-likeness (QED) is 0.145. The summed E-state index contributed by atoms with van der Waals surface area (Å²) in [5.74, 6) is 0.191. The van der Waals surface area contributed by atoms with Crippen molar-refractivity contribution in [3.63, 3.8) is 0 Å². The SMILES string of the molecule is O=C(OCCc1c2ccccc2cc2ccccc12)Oc1ccc([N+](=O)[O-])cc1. The van der Waals surface area contributed by atoms with Gasteiger partial charge in [-0.15, -0.1) is 0 Å². The number of hydrogen-bond donors (Lipinski definition) is 0. The van der Waals surface area contributed by atoms with Crippen molar-refractivity contribution in [2.45, 2.75) is 6.42 Å². The van der Waals surface area contributed by atoms with Crippen LogP contribution in [0.3, 0.4) is 0 Å². The monoisotopic (exact) mass is 387 g/mol. The number of hydrogen-bond acceptors (Lipinski definition) is 5. The molecule has 0 atom stereocenters. The van der Waals surface area contributed by atoms with E-state index in [0.29, 0.717) is 6.42 Å². The normalized spacial score (nSPS) is 10.8. The third-order valence-electron chi connectivity index (χ3n) is 4.70. The molecule has 4 aromatic carbocycles. The molecule has 0 aliphatic carbocycles. The minimum Gasteiger partial charge on any atom is -0.434 e. The van der Waals surface area contributed by atoms with Gasteiger partial charge in [0.2, 0.25) is 0 Å². The molecule has 4 rings (SSSR count). The molecule has 0 aromatic heterocycles. The van der Waals surface area contributed by atoms with Crippen LogP contribution in [0.4, 0.5) is 10.5 Å². The lowest BCUT2D eigenvalue weighted by atomic mass is 9.95. The van der Waals surface area contributed by atoms with Crippen molar-refractivity contribution < 1.29 is 19.2 Å². The van der Waals surface area contributed by atoms with Crippen LogP contribution in [0, 0.1) is 10.1 Å². The highest BCUT2D eigenvalue weighted by atomic mass is 16.7. The molecular weight excluding hydrogens is 370 g/mol. The Balaban J connectivity index is 1.46. The summed E-state index contributed by atoms with van der Waals surface area (Å²) >= 11 is 0. The fourth-order valence-electron chi connectivity index (χ4n) is 3.38. The predicted octanol–water partition coefficient (Wildman–Crippen LogP) is 5.66. The summed E-state index contributed by atoms with van der Waals surface area (Å²) in [6.45, 7) is 0.157. The van der Waals surface area contributed by atoms with Gasteiger partial charge in [-0.25, -0.2) is 4.79 Å². The summed E-state index contributed by atoms with van der Waals surface area (Å²) in [4.78, 5) is 22.1. The van der Waals surface area contributed by atoms with Crippen LogP contribution < -0.4 is 4.74 Å². The van der Waals surface area contributed by atoms with E-state index in [4.69, 9.17) is 9.47 Å². The summed E-state index contributed by atoms with van der Waals surface area (Å²) in [7, 11) is 0.